The minimum atomic E-state index is -0.168. The third-order valence-electron chi connectivity index (χ3n) is 4.34. The molecule has 0 aromatic carbocycles. The zero-order valence-corrected chi connectivity index (χ0v) is 14.8. The fourth-order valence-corrected chi connectivity index (χ4v) is 3.12. The monoisotopic (exact) mass is 340 g/mol. The number of pyridine rings is 1. The number of hydrogen-bond acceptors (Lipinski definition) is 5. The lowest BCUT2D eigenvalue weighted by Gasteiger charge is -2.33. The Morgan fingerprint density at radius 2 is 2.08 bits per heavy atom. The van der Waals surface area contributed by atoms with Crippen molar-refractivity contribution in [3.63, 3.8) is 0 Å². The molecule has 6 nitrogen and oxygen atoms in total. The lowest BCUT2D eigenvalue weighted by Crippen LogP contribution is -2.42. The Bertz CT molecular complexity index is 700. The van der Waals surface area contributed by atoms with Crippen LogP contribution in [0.1, 0.15) is 41.7 Å². The van der Waals surface area contributed by atoms with E-state index in [1.165, 1.54) is 5.56 Å². The van der Waals surface area contributed by atoms with Gasteiger partial charge in [-0.15, -0.1) is 0 Å². The number of aryl methyl sites for hydroxylation is 3. The average molecular weight is 340 g/mol. The van der Waals surface area contributed by atoms with Crippen molar-refractivity contribution in [2.24, 2.45) is 0 Å². The van der Waals surface area contributed by atoms with E-state index in [2.05, 4.69) is 15.0 Å². The summed E-state index contributed by atoms with van der Waals surface area (Å²) < 4.78 is 5.84. The Kier molecular flexibility index (Phi) is 5.71. The molecule has 1 fully saturated rings. The summed E-state index contributed by atoms with van der Waals surface area (Å²) in [6.07, 6.45) is 5.70. The number of carbonyl (C=O) groups excluding carboxylic acids is 1. The minimum absolute atomic E-state index is 0.168. The molecule has 0 N–H and O–H groups in total. The van der Waals surface area contributed by atoms with E-state index in [0.717, 1.165) is 30.1 Å². The zero-order valence-electron chi connectivity index (χ0n) is 14.8. The molecule has 2 aromatic rings. The van der Waals surface area contributed by atoms with Gasteiger partial charge >= 0.3 is 0 Å². The Labute approximate surface area is 148 Å². The van der Waals surface area contributed by atoms with Crippen LogP contribution in [0.5, 0.6) is 0 Å². The number of hydrogen-bond donors (Lipinski definition) is 0. The standard InChI is InChI=1S/C19H24N4O2/c1-14-12-17(22-15(2)21-14)18-13-23(10-11-25-18)19(24)5-3-4-16-6-8-20-9-7-16/h6-9,12,18H,3-5,10-11,13H2,1-2H3/t18-/m1/s1. The van der Waals surface area contributed by atoms with Crippen molar-refractivity contribution in [2.45, 2.75) is 39.2 Å². The van der Waals surface area contributed by atoms with E-state index in [1.54, 1.807) is 12.4 Å². The molecule has 0 aliphatic carbocycles. The van der Waals surface area contributed by atoms with Gasteiger partial charge in [-0.1, -0.05) is 0 Å². The van der Waals surface area contributed by atoms with Crippen LogP contribution in [-0.4, -0.2) is 45.5 Å². The highest BCUT2D eigenvalue weighted by molar-refractivity contribution is 5.76. The van der Waals surface area contributed by atoms with Gasteiger partial charge in [-0.2, -0.15) is 0 Å². The van der Waals surface area contributed by atoms with Crippen molar-refractivity contribution < 1.29 is 9.53 Å². The summed E-state index contributed by atoms with van der Waals surface area (Å²) in [6, 6.07) is 5.93. The number of ether oxygens (including phenoxy) is 1. The van der Waals surface area contributed by atoms with Crippen molar-refractivity contribution in [3.05, 3.63) is 53.4 Å². The van der Waals surface area contributed by atoms with Crippen LogP contribution < -0.4 is 0 Å². The van der Waals surface area contributed by atoms with E-state index in [4.69, 9.17) is 4.74 Å². The lowest BCUT2D eigenvalue weighted by atomic mass is 10.1. The molecule has 0 unspecified atom stereocenters. The quantitative estimate of drug-likeness (QED) is 0.836. The van der Waals surface area contributed by atoms with Crippen molar-refractivity contribution in [1.82, 2.24) is 19.9 Å². The first-order chi connectivity index (χ1) is 12.1. The van der Waals surface area contributed by atoms with Crippen molar-refractivity contribution >= 4 is 5.91 Å². The van der Waals surface area contributed by atoms with E-state index >= 15 is 0 Å². The highest BCUT2D eigenvalue weighted by Gasteiger charge is 2.26. The second-order valence-electron chi connectivity index (χ2n) is 6.39. The fourth-order valence-electron chi connectivity index (χ4n) is 3.12. The number of nitrogens with zero attached hydrogens (tertiary/aromatic N) is 4. The maximum Gasteiger partial charge on any atom is 0.222 e. The number of rotatable bonds is 5. The molecule has 0 saturated carbocycles. The molecule has 1 atom stereocenters. The van der Waals surface area contributed by atoms with Crippen LogP contribution in [0, 0.1) is 13.8 Å². The van der Waals surface area contributed by atoms with Gasteiger partial charge in [0.05, 0.1) is 18.8 Å². The molecule has 0 radical (unpaired) electrons. The summed E-state index contributed by atoms with van der Waals surface area (Å²) in [7, 11) is 0. The van der Waals surface area contributed by atoms with E-state index in [1.807, 2.05) is 36.9 Å². The lowest BCUT2D eigenvalue weighted by molar-refractivity contribution is -0.139. The fraction of sp³-hybridized carbons (Fsp3) is 0.474. The van der Waals surface area contributed by atoms with Gasteiger partial charge in [-0.3, -0.25) is 9.78 Å². The van der Waals surface area contributed by atoms with Gasteiger partial charge < -0.3 is 9.64 Å². The first-order valence-electron chi connectivity index (χ1n) is 8.72. The van der Waals surface area contributed by atoms with Crippen molar-refractivity contribution in [3.8, 4) is 0 Å². The Hall–Kier alpha value is -2.34. The predicted octanol–water partition coefficient (Wildman–Crippen LogP) is 2.41. The van der Waals surface area contributed by atoms with Gasteiger partial charge in [0, 0.05) is 31.1 Å². The first-order valence-corrected chi connectivity index (χ1v) is 8.72. The molecule has 1 saturated heterocycles. The van der Waals surface area contributed by atoms with Gasteiger partial charge in [-0.05, 0) is 50.5 Å². The SMILES string of the molecule is Cc1cc([C@H]2CN(C(=O)CCCc3ccncc3)CCO2)nc(C)n1. The molecule has 3 rings (SSSR count). The molecule has 3 heterocycles. The number of amides is 1. The molecule has 0 bridgehead atoms. The second kappa shape index (κ2) is 8.16. The number of carbonyl (C=O) groups is 1. The number of aromatic nitrogens is 3. The molecule has 1 amide bonds. The predicted molar refractivity (Wildman–Crippen MR) is 94.0 cm³/mol. The largest absolute Gasteiger partial charge is 0.368 e. The average Bonchev–Trinajstić information content (AvgIpc) is 2.62. The maximum absolute atomic E-state index is 12.5. The highest BCUT2D eigenvalue weighted by Crippen LogP contribution is 2.22. The van der Waals surface area contributed by atoms with Crippen molar-refractivity contribution in [1.29, 1.82) is 0 Å². The summed E-state index contributed by atoms with van der Waals surface area (Å²) in [4.78, 5) is 27.2. The molecule has 25 heavy (non-hydrogen) atoms. The molecule has 6 heteroatoms. The molecule has 2 aromatic heterocycles. The van der Waals surface area contributed by atoms with Crippen LogP contribution in [0.2, 0.25) is 0 Å². The molecule has 1 aliphatic heterocycles. The van der Waals surface area contributed by atoms with E-state index < -0.39 is 0 Å². The normalized spacial score (nSPS) is 17.5. The zero-order chi connectivity index (χ0) is 17.6. The van der Waals surface area contributed by atoms with Crippen LogP contribution in [0.15, 0.2) is 30.6 Å². The molecular weight excluding hydrogens is 316 g/mol. The van der Waals surface area contributed by atoms with E-state index in [9.17, 15) is 4.79 Å². The molecule has 1 aliphatic rings. The molecular formula is C19H24N4O2. The highest BCUT2D eigenvalue weighted by atomic mass is 16.5. The van der Waals surface area contributed by atoms with Crippen LogP contribution in [0.25, 0.3) is 0 Å². The second-order valence-corrected chi connectivity index (χ2v) is 6.39. The van der Waals surface area contributed by atoms with Crippen LogP contribution >= 0.6 is 0 Å². The minimum Gasteiger partial charge on any atom is -0.368 e. The first kappa shape index (κ1) is 17.5. The van der Waals surface area contributed by atoms with Gasteiger partial charge in [-0.25, -0.2) is 9.97 Å². The number of morpholine rings is 1. The Balaban J connectivity index is 1.54. The van der Waals surface area contributed by atoms with Crippen LogP contribution in [0.4, 0.5) is 0 Å². The molecule has 0 spiro atoms. The summed E-state index contributed by atoms with van der Waals surface area (Å²) >= 11 is 0. The van der Waals surface area contributed by atoms with E-state index in [0.29, 0.717) is 26.1 Å². The summed E-state index contributed by atoms with van der Waals surface area (Å²) in [5.41, 5.74) is 3.00. The van der Waals surface area contributed by atoms with Gasteiger partial charge in [0.15, 0.2) is 0 Å². The van der Waals surface area contributed by atoms with Crippen LogP contribution in [-0.2, 0) is 16.0 Å². The van der Waals surface area contributed by atoms with Crippen LogP contribution in [0.3, 0.4) is 0 Å². The maximum atomic E-state index is 12.5. The van der Waals surface area contributed by atoms with Crippen molar-refractivity contribution in [2.75, 3.05) is 19.7 Å². The third-order valence-corrected chi connectivity index (χ3v) is 4.34. The Morgan fingerprint density at radius 3 is 2.84 bits per heavy atom. The summed E-state index contributed by atoms with van der Waals surface area (Å²) in [5.74, 6) is 0.921. The van der Waals surface area contributed by atoms with E-state index in [-0.39, 0.29) is 12.0 Å². The van der Waals surface area contributed by atoms with Gasteiger partial charge in [0.25, 0.3) is 0 Å². The third kappa shape index (κ3) is 4.82. The summed E-state index contributed by atoms with van der Waals surface area (Å²) in [5, 5.41) is 0. The topological polar surface area (TPSA) is 68.2 Å². The summed E-state index contributed by atoms with van der Waals surface area (Å²) in [6.45, 7) is 5.57. The van der Waals surface area contributed by atoms with Gasteiger partial charge in [0.1, 0.15) is 11.9 Å². The smallest absolute Gasteiger partial charge is 0.222 e. The Morgan fingerprint density at radius 1 is 1.28 bits per heavy atom. The molecule has 132 valence electrons. The van der Waals surface area contributed by atoms with Gasteiger partial charge in [0.2, 0.25) is 5.91 Å².